The Morgan fingerprint density at radius 3 is 2.56 bits per heavy atom. The molecular formula is C12H19NO3. The van der Waals surface area contributed by atoms with E-state index in [9.17, 15) is 10.2 Å². The maximum Gasteiger partial charge on any atom is 0.162 e. The van der Waals surface area contributed by atoms with Crippen LogP contribution < -0.4 is 10.5 Å². The zero-order valence-electron chi connectivity index (χ0n) is 9.90. The van der Waals surface area contributed by atoms with Gasteiger partial charge in [-0.3, -0.25) is 0 Å². The summed E-state index contributed by atoms with van der Waals surface area (Å²) in [5.74, 6) is 0.431. The molecule has 0 saturated carbocycles. The van der Waals surface area contributed by atoms with Crippen molar-refractivity contribution in [3.8, 4) is 11.5 Å². The number of para-hydroxylation sites is 1. The number of aliphatic hydroxyl groups is 1. The quantitative estimate of drug-likeness (QED) is 0.724. The van der Waals surface area contributed by atoms with Crippen molar-refractivity contribution in [1.82, 2.24) is 0 Å². The largest absolute Gasteiger partial charge is 0.504 e. The molecule has 4 nitrogen and oxygen atoms in total. The molecule has 0 radical (unpaired) electrons. The summed E-state index contributed by atoms with van der Waals surface area (Å²) in [6.07, 6.45) is 0. The van der Waals surface area contributed by atoms with E-state index in [-0.39, 0.29) is 12.4 Å². The number of rotatable bonds is 4. The van der Waals surface area contributed by atoms with Gasteiger partial charge in [0.1, 0.15) is 0 Å². The third kappa shape index (κ3) is 2.28. The summed E-state index contributed by atoms with van der Waals surface area (Å²) in [7, 11) is 1.49. The van der Waals surface area contributed by atoms with Gasteiger partial charge in [-0.1, -0.05) is 26.0 Å². The van der Waals surface area contributed by atoms with Gasteiger partial charge in [-0.15, -0.1) is 0 Å². The topological polar surface area (TPSA) is 75.7 Å². The molecule has 0 fully saturated rings. The lowest BCUT2D eigenvalue weighted by molar-refractivity contribution is 0.131. The first-order valence-electron chi connectivity index (χ1n) is 5.16. The van der Waals surface area contributed by atoms with Crippen LogP contribution in [0.1, 0.15) is 25.5 Å². The average molecular weight is 225 g/mol. The normalized spacial score (nSPS) is 13.6. The molecule has 0 bridgehead atoms. The monoisotopic (exact) mass is 225 g/mol. The summed E-state index contributed by atoms with van der Waals surface area (Å²) in [5, 5.41) is 19.2. The van der Waals surface area contributed by atoms with Gasteiger partial charge >= 0.3 is 0 Å². The minimum Gasteiger partial charge on any atom is -0.504 e. The first kappa shape index (κ1) is 12.8. The van der Waals surface area contributed by atoms with Crippen LogP contribution >= 0.6 is 0 Å². The molecule has 4 heteroatoms. The molecule has 0 amide bonds. The van der Waals surface area contributed by atoms with E-state index in [0.717, 1.165) is 0 Å². The van der Waals surface area contributed by atoms with E-state index in [1.165, 1.54) is 7.11 Å². The molecule has 0 heterocycles. The van der Waals surface area contributed by atoms with Crippen LogP contribution in [0.3, 0.4) is 0 Å². The van der Waals surface area contributed by atoms with Crippen molar-refractivity contribution >= 4 is 0 Å². The minimum absolute atomic E-state index is 0.0408. The van der Waals surface area contributed by atoms with Gasteiger partial charge in [0.05, 0.1) is 7.11 Å². The Balaban J connectivity index is 3.14. The van der Waals surface area contributed by atoms with Crippen LogP contribution in [0.15, 0.2) is 18.2 Å². The zero-order chi connectivity index (χ0) is 12.3. The molecule has 0 aliphatic carbocycles. The Labute approximate surface area is 95.7 Å². The number of phenolic OH excluding ortho intramolecular Hbond substituents is 1. The summed E-state index contributed by atoms with van der Waals surface area (Å²) in [6, 6.07) is 4.71. The highest BCUT2D eigenvalue weighted by atomic mass is 16.5. The van der Waals surface area contributed by atoms with Gasteiger partial charge in [-0.2, -0.15) is 0 Å². The average Bonchev–Trinajstić information content (AvgIpc) is 2.28. The highest BCUT2D eigenvalue weighted by Gasteiger charge is 2.29. The maximum absolute atomic E-state index is 9.93. The van der Waals surface area contributed by atoms with Crippen LogP contribution in [-0.4, -0.2) is 23.9 Å². The van der Waals surface area contributed by atoms with Crippen molar-refractivity contribution in [3.63, 3.8) is 0 Å². The minimum atomic E-state index is -0.496. The number of nitrogens with two attached hydrogens (primary N) is 1. The predicted molar refractivity (Wildman–Crippen MR) is 62.5 cm³/mol. The second kappa shape index (κ2) is 4.72. The Morgan fingerprint density at radius 1 is 1.44 bits per heavy atom. The third-order valence-electron chi connectivity index (χ3n) is 2.83. The molecule has 1 rings (SSSR count). The lowest BCUT2D eigenvalue weighted by Crippen LogP contribution is -2.32. The molecule has 4 N–H and O–H groups in total. The zero-order valence-corrected chi connectivity index (χ0v) is 9.90. The van der Waals surface area contributed by atoms with E-state index in [0.29, 0.717) is 11.3 Å². The number of hydrogen-bond donors (Lipinski definition) is 3. The second-order valence-electron chi connectivity index (χ2n) is 4.52. The van der Waals surface area contributed by atoms with Crippen molar-refractivity contribution in [2.75, 3.05) is 13.7 Å². The summed E-state index contributed by atoms with van der Waals surface area (Å²) in [5.41, 5.74) is 6.12. The highest BCUT2D eigenvalue weighted by Crippen LogP contribution is 2.39. The third-order valence-corrected chi connectivity index (χ3v) is 2.83. The summed E-state index contributed by atoms with van der Waals surface area (Å²) >= 11 is 0. The van der Waals surface area contributed by atoms with Crippen molar-refractivity contribution in [2.45, 2.75) is 19.9 Å². The predicted octanol–water partition coefficient (Wildman–Crippen LogP) is 1.42. The van der Waals surface area contributed by atoms with Crippen molar-refractivity contribution in [1.29, 1.82) is 0 Å². The molecule has 0 aliphatic rings. The van der Waals surface area contributed by atoms with Gasteiger partial charge in [-0.05, 0) is 6.07 Å². The number of methoxy groups -OCH3 is 1. The van der Waals surface area contributed by atoms with Crippen LogP contribution in [0.2, 0.25) is 0 Å². The number of ether oxygens (including phenoxy) is 1. The molecule has 1 aromatic carbocycles. The fourth-order valence-electron chi connectivity index (χ4n) is 1.47. The van der Waals surface area contributed by atoms with Crippen LogP contribution in [0.25, 0.3) is 0 Å². The van der Waals surface area contributed by atoms with Gasteiger partial charge in [0, 0.05) is 23.6 Å². The lowest BCUT2D eigenvalue weighted by Gasteiger charge is -2.30. The number of benzene rings is 1. The fourth-order valence-corrected chi connectivity index (χ4v) is 1.47. The van der Waals surface area contributed by atoms with Gasteiger partial charge in [0.25, 0.3) is 0 Å². The van der Waals surface area contributed by atoms with Gasteiger partial charge in [0.2, 0.25) is 0 Å². The molecule has 0 aliphatic heterocycles. The van der Waals surface area contributed by atoms with E-state index in [4.69, 9.17) is 10.5 Å². The molecule has 0 spiro atoms. The summed E-state index contributed by atoms with van der Waals surface area (Å²) in [4.78, 5) is 0. The van der Waals surface area contributed by atoms with Crippen LogP contribution in [0.5, 0.6) is 11.5 Å². The summed E-state index contributed by atoms with van der Waals surface area (Å²) in [6.45, 7) is 3.64. The number of aromatic hydroxyl groups is 1. The highest BCUT2D eigenvalue weighted by molar-refractivity contribution is 5.47. The molecule has 0 saturated heterocycles. The lowest BCUT2D eigenvalue weighted by atomic mass is 9.81. The van der Waals surface area contributed by atoms with Crippen LogP contribution in [0, 0.1) is 5.41 Å². The number of hydrogen-bond acceptors (Lipinski definition) is 4. The van der Waals surface area contributed by atoms with Gasteiger partial charge < -0.3 is 20.7 Å². The Bertz CT molecular complexity index is 363. The Kier molecular flexibility index (Phi) is 3.78. The molecule has 0 aromatic heterocycles. The number of phenols is 1. The molecular weight excluding hydrogens is 206 g/mol. The van der Waals surface area contributed by atoms with E-state index in [2.05, 4.69) is 0 Å². The smallest absolute Gasteiger partial charge is 0.162 e. The maximum atomic E-state index is 9.93. The standard InChI is InChI=1S/C12H19NO3/c1-12(2,7-14)11(13)8-5-4-6-9(16-3)10(8)15/h4-6,11,14-15H,7,13H2,1-3H3/t11-/m0/s1. The Hall–Kier alpha value is -1.26. The molecule has 1 aromatic rings. The van der Waals surface area contributed by atoms with Crippen molar-refractivity contribution in [2.24, 2.45) is 11.1 Å². The molecule has 1 atom stereocenters. The molecule has 0 unspecified atom stereocenters. The number of aliphatic hydroxyl groups excluding tert-OH is 1. The fraction of sp³-hybridized carbons (Fsp3) is 0.500. The Morgan fingerprint density at radius 2 is 2.06 bits per heavy atom. The summed E-state index contributed by atoms with van der Waals surface area (Å²) < 4.78 is 5.01. The van der Waals surface area contributed by atoms with Crippen LogP contribution in [0.4, 0.5) is 0 Å². The SMILES string of the molecule is COc1cccc([C@H](N)C(C)(C)CO)c1O. The van der Waals surface area contributed by atoms with E-state index in [1.54, 1.807) is 18.2 Å². The van der Waals surface area contributed by atoms with Crippen molar-refractivity contribution in [3.05, 3.63) is 23.8 Å². The van der Waals surface area contributed by atoms with Gasteiger partial charge in [-0.25, -0.2) is 0 Å². The first-order chi connectivity index (χ1) is 7.44. The second-order valence-corrected chi connectivity index (χ2v) is 4.52. The van der Waals surface area contributed by atoms with Crippen molar-refractivity contribution < 1.29 is 14.9 Å². The van der Waals surface area contributed by atoms with E-state index < -0.39 is 11.5 Å². The van der Waals surface area contributed by atoms with E-state index >= 15 is 0 Å². The van der Waals surface area contributed by atoms with Crippen LogP contribution in [-0.2, 0) is 0 Å². The van der Waals surface area contributed by atoms with Gasteiger partial charge in [0.15, 0.2) is 11.5 Å². The first-order valence-corrected chi connectivity index (χ1v) is 5.16. The van der Waals surface area contributed by atoms with E-state index in [1.807, 2.05) is 13.8 Å². The molecule has 90 valence electrons. The molecule has 16 heavy (non-hydrogen) atoms.